The molecule has 3 aliphatic rings. The zero-order valence-corrected chi connectivity index (χ0v) is 12.3. The Hall–Kier alpha value is -0.940. The summed E-state index contributed by atoms with van der Waals surface area (Å²) in [6.07, 6.45) is 3.06. The third-order valence-corrected chi connectivity index (χ3v) is 5.24. The highest BCUT2D eigenvalue weighted by atomic mass is 16.6. The van der Waals surface area contributed by atoms with Gasteiger partial charge >= 0.3 is 0 Å². The van der Waals surface area contributed by atoms with Crippen LogP contribution < -0.4 is 5.73 Å². The summed E-state index contributed by atoms with van der Waals surface area (Å²) in [6, 6.07) is 6.66. The van der Waals surface area contributed by atoms with Gasteiger partial charge in [0.15, 0.2) is 0 Å². The van der Waals surface area contributed by atoms with Crippen LogP contribution in [0.15, 0.2) is 18.2 Å². The molecule has 3 unspecified atom stereocenters. The molecule has 2 saturated heterocycles. The van der Waals surface area contributed by atoms with Gasteiger partial charge in [-0.3, -0.25) is 0 Å². The van der Waals surface area contributed by atoms with E-state index < -0.39 is 0 Å². The molecule has 3 atom stereocenters. The van der Waals surface area contributed by atoms with E-state index in [9.17, 15) is 0 Å². The summed E-state index contributed by atoms with van der Waals surface area (Å²) in [5, 5.41) is 0. The molecule has 1 aromatic rings. The van der Waals surface area contributed by atoms with Crippen molar-refractivity contribution in [1.29, 1.82) is 0 Å². The quantitative estimate of drug-likeness (QED) is 0.907. The van der Waals surface area contributed by atoms with Gasteiger partial charge in [-0.15, -0.1) is 0 Å². The van der Waals surface area contributed by atoms with E-state index in [1.807, 2.05) is 0 Å². The lowest BCUT2D eigenvalue weighted by Gasteiger charge is -2.39. The van der Waals surface area contributed by atoms with Gasteiger partial charge in [0.2, 0.25) is 0 Å². The Morgan fingerprint density at radius 2 is 2.05 bits per heavy atom. The van der Waals surface area contributed by atoms with Gasteiger partial charge in [0.05, 0.1) is 25.4 Å². The molecule has 0 radical (unpaired) electrons. The average Bonchev–Trinajstić information content (AvgIpc) is 3.15. The predicted octanol–water partition coefficient (Wildman–Crippen LogP) is 2.30. The van der Waals surface area contributed by atoms with Crippen molar-refractivity contribution in [3.8, 4) is 0 Å². The first-order valence-corrected chi connectivity index (χ1v) is 7.93. The SMILES string of the molecule is NC(c1ccc2c(c1)COC2)C1CCOC2(CCOC2)C1. The second kappa shape index (κ2) is 5.36. The summed E-state index contributed by atoms with van der Waals surface area (Å²) < 4.78 is 17.1. The maximum Gasteiger partial charge on any atom is 0.0940 e. The van der Waals surface area contributed by atoms with Crippen molar-refractivity contribution in [3.05, 3.63) is 34.9 Å². The second-order valence-corrected chi connectivity index (χ2v) is 6.63. The van der Waals surface area contributed by atoms with Crippen LogP contribution in [0.25, 0.3) is 0 Å². The summed E-state index contributed by atoms with van der Waals surface area (Å²) in [5.41, 5.74) is 10.3. The molecular weight excluding hydrogens is 266 g/mol. The number of nitrogens with two attached hydrogens (primary N) is 1. The highest BCUT2D eigenvalue weighted by Crippen LogP contribution is 2.40. The number of ether oxygens (including phenoxy) is 3. The molecule has 4 rings (SSSR count). The minimum absolute atomic E-state index is 0.0691. The largest absolute Gasteiger partial charge is 0.378 e. The maximum atomic E-state index is 6.58. The molecule has 3 heterocycles. The van der Waals surface area contributed by atoms with E-state index in [0.29, 0.717) is 5.92 Å². The van der Waals surface area contributed by atoms with Gasteiger partial charge < -0.3 is 19.9 Å². The first-order valence-electron chi connectivity index (χ1n) is 7.93. The average molecular weight is 289 g/mol. The molecule has 0 bridgehead atoms. The van der Waals surface area contributed by atoms with Gasteiger partial charge in [-0.05, 0) is 35.4 Å². The van der Waals surface area contributed by atoms with Crippen molar-refractivity contribution in [1.82, 2.24) is 0 Å². The molecule has 4 heteroatoms. The Bertz CT molecular complexity index is 525. The molecule has 2 N–H and O–H groups in total. The van der Waals surface area contributed by atoms with Gasteiger partial charge in [-0.2, -0.15) is 0 Å². The fraction of sp³-hybridized carbons (Fsp3) is 0.647. The Balaban J connectivity index is 1.52. The van der Waals surface area contributed by atoms with Crippen molar-refractivity contribution < 1.29 is 14.2 Å². The first-order chi connectivity index (χ1) is 10.3. The zero-order chi connectivity index (χ0) is 14.3. The number of hydrogen-bond acceptors (Lipinski definition) is 4. The Morgan fingerprint density at radius 3 is 2.90 bits per heavy atom. The normalized spacial score (nSPS) is 33.3. The number of fused-ring (bicyclic) bond motifs is 1. The van der Waals surface area contributed by atoms with Crippen molar-refractivity contribution in [3.63, 3.8) is 0 Å². The lowest BCUT2D eigenvalue weighted by molar-refractivity contribution is -0.101. The molecule has 4 nitrogen and oxygen atoms in total. The summed E-state index contributed by atoms with van der Waals surface area (Å²) in [5.74, 6) is 0.473. The smallest absolute Gasteiger partial charge is 0.0940 e. The highest BCUT2D eigenvalue weighted by Gasteiger charge is 2.42. The molecule has 0 aromatic heterocycles. The molecule has 3 aliphatic heterocycles. The zero-order valence-electron chi connectivity index (χ0n) is 12.3. The van der Waals surface area contributed by atoms with Gasteiger partial charge in [0.25, 0.3) is 0 Å². The van der Waals surface area contributed by atoms with Gasteiger partial charge in [0, 0.05) is 25.7 Å². The number of benzene rings is 1. The van der Waals surface area contributed by atoms with Crippen LogP contribution >= 0.6 is 0 Å². The van der Waals surface area contributed by atoms with E-state index in [-0.39, 0.29) is 11.6 Å². The van der Waals surface area contributed by atoms with Gasteiger partial charge in [-0.25, -0.2) is 0 Å². The van der Waals surface area contributed by atoms with Crippen LogP contribution in [-0.2, 0) is 27.4 Å². The summed E-state index contributed by atoms with van der Waals surface area (Å²) >= 11 is 0. The minimum atomic E-state index is -0.0691. The van der Waals surface area contributed by atoms with Crippen molar-refractivity contribution in [2.75, 3.05) is 19.8 Å². The van der Waals surface area contributed by atoms with E-state index in [1.54, 1.807) is 0 Å². The van der Waals surface area contributed by atoms with Crippen molar-refractivity contribution >= 4 is 0 Å². The van der Waals surface area contributed by atoms with Crippen molar-refractivity contribution in [2.24, 2.45) is 11.7 Å². The van der Waals surface area contributed by atoms with Crippen molar-refractivity contribution in [2.45, 2.75) is 44.1 Å². The molecular formula is C17H23NO3. The second-order valence-electron chi connectivity index (χ2n) is 6.63. The standard InChI is InChI=1S/C17H23NO3/c18-16(12-1-2-14-9-20-10-15(14)7-12)13-3-5-21-17(8-13)4-6-19-11-17/h1-2,7,13,16H,3-6,8-11,18H2. The first kappa shape index (κ1) is 13.7. The lowest BCUT2D eigenvalue weighted by Crippen LogP contribution is -2.43. The van der Waals surface area contributed by atoms with Gasteiger partial charge in [-0.1, -0.05) is 18.2 Å². The van der Waals surface area contributed by atoms with E-state index in [1.165, 1.54) is 16.7 Å². The molecule has 21 heavy (non-hydrogen) atoms. The topological polar surface area (TPSA) is 53.7 Å². The van der Waals surface area contributed by atoms with E-state index in [0.717, 1.165) is 52.3 Å². The van der Waals surface area contributed by atoms with Crippen LogP contribution in [0, 0.1) is 5.92 Å². The molecule has 114 valence electrons. The molecule has 0 saturated carbocycles. The summed E-state index contributed by atoms with van der Waals surface area (Å²) in [6.45, 7) is 3.81. The number of rotatable bonds is 2. The predicted molar refractivity (Wildman–Crippen MR) is 78.7 cm³/mol. The summed E-state index contributed by atoms with van der Waals surface area (Å²) in [7, 11) is 0. The fourth-order valence-corrected chi connectivity index (χ4v) is 3.91. The maximum absolute atomic E-state index is 6.58. The molecule has 1 aromatic carbocycles. The number of hydrogen-bond donors (Lipinski definition) is 1. The van der Waals surface area contributed by atoms with Crippen LogP contribution in [0.4, 0.5) is 0 Å². The highest BCUT2D eigenvalue weighted by molar-refractivity contribution is 5.34. The molecule has 0 aliphatic carbocycles. The van der Waals surface area contributed by atoms with Crippen LogP contribution in [0.2, 0.25) is 0 Å². The van der Waals surface area contributed by atoms with E-state index >= 15 is 0 Å². The third-order valence-electron chi connectivity index (χ3n) is 5.24. The van der Waals surface area contributed by atoms with E-state index in [2.05, 4.69) is 18.2 Å². The molecule has 0 amide bonds. The Kier molecular flexibility index (Phi) is 3.50. The van der Waals surface area contributed by atoms with Gasteiger partial charge in [0.1, 0.15) is 0 Å². The van der Waals surface area contributed by atoms with Crippen LogP contribution in [0.5, 0.6) is 0 Å². The van der Waals surface area contributed by atoms with Crippen LogP contribution in [0.1, 0.15) is 42.0 Å². The Labute approximate surface area is 125 Å². The molecule has 2 fully saturated rings. The van der Waals surface area contributed by atoms with Crippen LogP contribution in [0.3, 0.4) is 0 Å². The van der Waals surface area contributed by atoms with Crippen LogP contribution in [-0.4, -0.2) is 25.4 Å². The minimum Gasteiger partial charge on any atom is -0.378 e. The van der Waals surface area contributed by atoms with E-state index in [4.69, 9.17) is 19.9 Å². The molecule has 1 spiro atoms. The summed E-state index contributed by atoms with van der Waals surface area (Å²) in [4.78, 5) is 0. The fourth-order valence-electron chi connectivity index (χ4n) is 3.91. The lowest BCUT2D eigenvalue weighted by atomic mass is 9.79. The Morgan fingerprint density at radius 1 is 1.14 bits per heavy atom. The third kappa shape index (κ3) is 2.50. The monoisotopic (exact) mass is 289 g/mol.